The van der Waals surface area contributed by atoms with Gasteiger partial charge < -0.3 is 15.1 Å². The van der Waals surface area contributed by atoms with Crippen molar-refractivity contribution in [3.05, 3.63) is 0 Å². The molecular formula is C7H17NO2. The molecule has 62 valence electrons. The topological polar surface area (TPSA) is 43.7 Å². The van der Waals surface area contributed by atoms with E-state index in [9.17, 15) is 0 Å². The molecule has 3 heteroatoms. The summed E-state index contributed by atoms with van der Waals surface area (Å²) >= 11 is 0. The van der Waals surface area contributed by atoms with Crippen LogP contribution < -0.4 is 0 Å². The van der Waals surface area contributed by atoms with Crippen molar-refractivity contribution < 1.29 is 10.2 Å². The lowest BCUT2D eigenvalue weighted by atomic mass is 10.1. The van der Waals surface area contributed by atoms with Gasteiger partial charge in [-0.1, -0.05) is 0 Å². The van der Waals surface area contributed by atoms with Crippen LogP contribution in [0.5, 0.6) is 0 Å². The number of hydrogen-bond donors (Lipinski definition) is 2. The summed E-state index contributed by atoms with van der Waals surface area (Å²) in [5.74, 6) is -0.0185. The van der Waals surface area contributed by atoms with Crippen molar-refractivity contribution in [2.75, 3.05) is 27.2 Å². The van der Waals surface area contributed by atoms with Crippen molar-refractivity contribution in [3.63, 3.8) is 0 Å². The Hall–Kier alpha value is -0.120. The van der Waals surface area contributed by atoms with Crippen LogP contribution in [0.15, 0.2) is 0 Å². The molecule has 0 saturated carbocycles. The second kappa shape index (κ2) is 4.66. The maximum absolute atomic E-state index is 9.07. The standard InChI is InChI=1S/C7H17NO2/c1-6(10)7(5-9)4-8(2)3/h6-7,9-10H,4-5H2,1-3H3. The fourth-order valence-electron chi connectivity index (χ4n) is 0.832. The zero-order valence-electron chi connectivity index (χ0n) is 6.91. The summed E-state index contributed by atoms with van der Waals surface area (Å²) in [7, 11) is 3.84. The Balaban J connectivity index is 3.60. The van der Waals surface area contributed by atoms with E-state index in [1.807, 2.05) is 19.0 Å². The minimum Gasteiger partial charge on any atom is -0.396 e. The summed E-state index contributed by atoms with van der Waals surface area (Å²) in [6.07, 6.45) is -0.424. The van der Waals surface area contributed by atoms with Gasteiger partial charge >= 0.3 is 0 Å². The molecule has 0 amide bonds. The minimum absolute atomic E-state index is 0.0185. The molecule has 10 heavy (non-hydrogen) atoms. The van der Waals surface area contributed by atoms with E-state index < -0.39 is 6.10 Å². The van der Waals surface area contributed by atoms with Crippen LogP contribution in [0.3, 0.4) is 0 Å². The Bertz CT molecular complexity index is 83.7. The van der Waals surface area contributed by atoms with E-state index in [2.05, 4.69) is 0 Å². The van der Waals surface area contributed by atoms with Gasteiger partial charge in [0.15, 0.2) is 0 Å². The van der Waals surface area contributed by atoms with Crippen LogP contribution in [-0.2, 0) is 0 Å². The normalized spacial score (nSPS) is 17.4. The third-order valence-corrected chi connectivity index (χ3v) is 1.52. The van der Waals surface area contributed by atoms with Gasteiger partial charge in [0.25, 0.3) is 0 Å². The Morgan fingerprint density at radius 3 is 2.00 bits per heavy atom. The van der Waals surface area contributed by atoms with Crippen molar-refractivity contribution in [1.82, 2.24) is 4.90 Å². The molecule has 0 fully saturated rings. The molecule has 0 radical (unpaired) electrons. The van der Waals surface area contributed by atoms with E-state index in [0.29, 0.717) is 0 Å². The molecule has 2 atom stereocenters. The van der Waals surface area contributed by atoms with Crippen molar-refractivity contribution >= 4 is 0 Å². The lowest BCUT2D eigenvalue weighted by molar-refractivity contribution is 0.0645. The van der Waals surface area contributed by atoms with E-state index in [4.69, 9.17) is 10.2 Å². The Kier molecular flexibility index (Phi) is 4.60. The average molecular weight is 147 g/mol. The molecule has 0 aromatic heterocycles. The van der Waals surface area contributed by atoms with Crippen LogP contribution in [0, 0.1) is 5.92 Å². The summed E-state index contributed by atoms with van der Waals surface area (Å²) in [4.78, 5) is 1.95. The first kappa shape index (κ1) is 9.88. The van der Waals surface area contributed by atoms with Crippen molar-refractivity contribution in [3.8, 4) is 0 Å². The summed E-state index contributed by atoms with van der Waals surface area (Å²) < 4.78 is 0. The van der Waals surface area contributed by atoms with Gasteiger partial charge in [-0.2, -0.15) is 0 Å². The smallest absolute Gasteiger partial charge is 0.0574 e. The van der Waals surface area contributed by atoms with E-state index in [1.165, 1.54) is 0 Å². The molecule has 0 aliphatic rings. The zero-order valence-corrected chi connectivity index (χ0v) is 6.91. The molecule has 3 nitrogen and oxygen atoms in total. The SMILES string of the molecule is CC(O)C(CO)CN(C)C. The Morgan fingerprint density at radius 1 is 1.40 bits per heavy atom. The molecule has 0 aliphatic heterocycles. The number of hydrogen-bond acceptors (Lipinski definition) is 3. The summed E-state index contributed by atoms with van der Waals surface area (Å²) in [6.45, 7) is 2.48. The largest absolute Gasteiger partial charge is 0.396 e. The Morgan fingerprint density at radius 2 is 1.90 bits per heavy atom. The van der Waals surface area contributed by atoms with Gasteiger partial charge in [0.1, 0.15) is 0 Å². The highest BCUT2D eigenvalue weighted by Gasteiger charge is 2.13. The van der Waals surface area contributed by atoms with Gasteiger partial charge in [0.05, 0.1) is 6.10 Å². The fourth-order valence-corrected chi connectivity index (χ4v) is 0.832. The van der Waals surface area contributed by atoms with Gasteiger partial charge in [-0.05, 0) is 21.0 Å². The lowest BCUT2D eigenvalue weighted by Gasteiger charge is -2.20. The number of aliphatic hydroxyl groups excluding tert-OH is 2. The predicted molar refractivity (Wildman–Crippen MR) is 40.8 cm³/mol. The Labute approximate surface area is 62.3 Å². The summed E-state index contributed by atoms with van der Waals surface area (Å²) in [6, 6.07) is 0. The van der Waals surface area contributed by atoms with Gasteiger partial charge in [0, 0.05) is 19.1 Å². The molecule has 0 bridgehead atoms. The van der Waals surface area contributed by atoms with Gasteiger partial charge in [-0.25, -0.2) is 0 Å². The maximum Gasteiger partial charge on any atom is 0.0574 e. The molecule has 0 saturated heterocycles. The first-order valence-electron chi connectivity index (χ1n) is 3.51. The van der Waals surface area contributed by atoms with E-state index in [0.717, 1.165) is 6.54 Å². The third-order valence-electron chi connectivity index (χ3n) is 1.52. The molecule has 0 spiro atoms. The molecule has 0 aliphatic carbocycles. The van der Waals surface area contributed by atoms with Gasteiger partial charge in [-0.3, -0.25) is 0 Å². The molecular weight excluding hydrogens is 130 g/mol. The zero-order chi connectivity index (χ0) is 8.15. The quantitative estimate of drug-likeness (QED) is 0.565. The van der Waals surface area contributed by atoms with E-state index in [1.54, 1.807) is 6.92 Å². The number of nitrogens with zero attached hydrogens (tertiary/aromatic N) is 1. The highest BCUT2D eigenvalue weighted by molar-refractivity contribution is 4.65. The van der Waals surface area contributed by atoms with Crippen molar-refractivity contribution in [2.24, 2.45) is 5.92 Å². The second-order valence-electron chi connectivity index (χ2n) is 2.95. The molecule has 0 aromatic rings. The first-order chi connectivity index (χ1) is 4.57. The van der Waals surface area contributed by atoms with Crippen LogP contribution in [-0.4, -0.2) is 48.5 Å². The van der Waals surface area contributed by atoms with Crippen LogP contribution >= 0.6 is 0 Å². The predicted octanol–water partition coefficient (Wildman–Crippen LogP) is -0.463. The maximum atomic E-state index is 9.07. The van der Waals surface area contributed by atoms with Crippen LogP contribution in [0.2, 0.25) is 0 Å². The molecule has 2 N–H and O–H groups in total. The average Bonchev–Trinajstić information content (AvgIpc) is 1.81. The summed E-state index contributed by atoms with van der Waals surface area (Å²) in [5, 5.41) is 17.8. The van der Waals surface area contributed by atoms with Crippen LogP contribution in [0.1, 0.15) is 6.92 Å². The van der Waals surface area contributed by atoms with Gasteiger partial charge in [0.2, 0.25) is 0 Å². The summed E-state index contributed by atoms with van der Waals surface area (Å²) in [5.41, 5.74) is 0. The monoisotopic (exact) mass is 147 g/mol. The first-order valence-corrected chi connectivity index (χ1v) is 3.51. The second-order valence-corrected chi connectivity index (χ2v) is 2.95. The van der Waals surface area contributed by atoms with Crippen molar-refractivity contribution in [1.29, 1.82) is 0 Å². The van der Waals surface area contributed by atoms with E-state index in [-0.39, 0.29) is 12.5 Å². The lowest BCUT2D eigenvalue weighted by Crippen LogP contribution is -2.31. The molecule has 0 aromatic carbocycles. The van der Waals surface area contributed by atoms with Crippen LogP contribution in [0.4, 0.5) is 0 Å². The molecule has 2 unspecified atom stereocenters. The molecule has 0 rings (SSSR count). The third kappa shape index (κ3) is 3.82. The number of rotatable bonds is 4. The fraction of sp³-hybridized carbons (Fsp3) is 1.00. The van der Waals surface area contributed by atoms with Crippen molar-refractivity contribution in [2.45, 2.75) is 13.0 Å². The highest BCUT2D eigenvalue weighted by atomic mass is 16.3. The molecule has 0 heterocycles. The van der Waals surface area contributed by atoms with Gasteiger partial charge in [-0.15, -0.1) is 0 Å². The van der Waals surface area contributed by atoms with Crippen LogP contribution in [0.25, 0.3) is 0 Å². The van der Waals surface area contributed by atoms with E-state index >= 15 is 0 Å². The highest BCUT2D eigenvalue weighted by Crippen LogP contribution is 2.02. The number of aliphatic hydroxyl groups is 2. The minimum atomic E-state index is -0.424.